The standard InChI is InChI=1S/C16H20FNO/c1-12-7-8-16(9-12,11-18)15(2,19)10-13-5-3-4-6-14(13)17/h3-6,12,19H,7-10H2,1-2H3. The zero-order valence-corrected chi connectivity index (χ0v) is 11.5. The van der Waals surface area contributed by atoms with Gasteiger partial charge >= 0.3 is 0 Å². The molecule has 0 spiro atoms. The highest BCUT2D eigenvalue weighted by Crippen LogP contribution is 2.49. The minimum atomic E-state index is -1.20. The lowest BCUT2D eigenvalue weighted by Crippen LogP contribution is -2.45. The number of aliphatic hydroxyl groups is 1. The number of benzene rings is 1. The number of halogens is 1. The molecule has 1 fully saturated rings. The molecule has 0 heterocycles. The summed E-state index contributed by atoms with van der Waals surface area (Å²) in [5.41, 5.74) is -1.48. The molecule has 102 valence electrons. The number of rotatable bonds is 3. The molecule has 1 aromatic carbocycles. The molecule has 3 heteroatoms. The van der Waals surface area contributed by atoms with Crippen LogP contribution in [-0.2, 0) is 6.42 Å². The number of hydrogen-bond donors (Lipinski definition) is 1. The normalized spacial score (nSPS) is 29.7. The van der Waals surface area contributed by atoms with Crippen molar-refractivity contribution in [3.8, 4) is 6.07 Å². The summed E-state index contributed by atoms with van der Waals surface area (Å²) in [6.07, 6.45) is 2.50. The van der Waals surface area contributed by atoms with Crippen molar-refractivity contribution in [2.45, 2.75) is 45.1 Å². The van der Waals surface area contributed by atoms with Crippen molar-refractivity contribution in [1.29, 1.82) is 5.26 Å². The maximum atomic E-state index is 13.7. The van der Waals surface area contributed by atoms with Crippen LogP contribution >= 0.6 is 0 Å². The summed E-state index contributed by atoms with van der Waals surface area (Å²) < 4.78 is 13.7. The first-order valence-corrected chi connectivity index (χ1v) is 6.77. The lowest BCUT2D eigenvalue weighted by atomic mass is 9.69. The van der Waals surface area contributed by atoms with Crippen molar-refractivity contribution in [2.24, 2.45) is 11.3 Å². The van der Waals surface area contributed by atoms with Gasteiger partial charge in [-0.3, -0.25) is 0 Å². The van der Waals surface area contributed by atoms with Gasteiger partial charge in [-0.1, -0.05) is 25.1 Å². The van der Waals surface area contributed by atoms with Gasteiger partial charge in [0.05, 0.1) is 17.1 Å². The van der Waals surface area contributed by atoms with E-state index in [4.69, 9.17) is 0 Å². The molecule has 0 amide bonds. The third-order valence-corrected chi connectivity index (χ3v) is 4.50. The summed E-state index contributed by atoms with van der Waals surface area (Å²) in [4.78, 5) is 0. The average molecular weight is 261 g/mol. The molecule has 0 radical (unpaired) electrons. The SMILES string of the molecule is CC1CCC(C#N)(C(C)(O)Cc2ccccc2F)C1. The molecule has 2 nitrogen and oxygen atoms in total. The van der Waals surface area contributed by atoms with Gasteiger partial charge in [0.15, 0.2) is 0 Å². The zero-order chi connectivity index (χ0) is 14.1. The molecule has 19 heavy (non-hydrogen) atoms. The fourth-order valence-corrected chi connectivity index (χ4v) is 3.18. The van der Waals surface area contributed by atoms with E-state index in [9.17, 15) is 14.8 Å². The number of hydrogen-bond acceptors (Lipinski definition) is 2. The fraction of sp³-hybridized carbons (Fsp3) is 0.562. The first-order valence-electron chi connectivity index (χ1n) is 6.77. The maximum Gasteiger partial charge on any atom is 0.126 e. The van der Waals surface area contributed by atoms with Crippen molar-refractivity contribution in [1.82, 2.24) is 0 Å². The van der Waals surface area contributed by atoms with E-state index in [1.165, 1.54) is 6.07 Å². The van der Waals surface area contributed by atoms with E-state index in [1.54, 1.807) is 25.1 Å². The predicted molar refractivity (Wildman–Crippen MR) is 71.8 cm³/mol. The molecule has 1 aromatic rings. The van der Waals surface area contributed by atoms with Crippen molar-refractivity contribution >= 4 is 0 Å². The van der Waals surface area contributed by atoms with Gasteiger partial charge < -0.3 is 5.11 Å². The van der Waals surface area contributed by atoms with Crippen LogP contribution in [0.1, 0.15) is 38.7 Å². The topological polar surface area (TPSA) is 44.0 Å². The van der Waals surface area contributed by atoms with Gasteiger partial charge in [0, 0.05) is 6.42 Å². The second kappa shape index (κ2) is 4.94. The van der Waals surface area contributed by atoms with Crippen LogP contribution in [0.2, 0.25) is 0 Å². The van der Waals surface area contributed by atoms with Gasteiger partial charge in [-0.2, -0.15) is 5.26 Å². The molecule has 1 aliphatic carbocycles. The Labute approximate surface area is 113 Å². The molecule has 1 N–H and O–H groups in total. The third kappa shape index (κ3) is 2.50. The molecule has 0 saturated heterocycles. The molecule has 0 aromatic heterocycles. The minimum Gasteiger partial charge on any atom is -0.388 e. The molecule has 1 aliphatic rings. The molecule has 2 rings (SSSR count). The Morgan fingerprint density at radius 2 is 2.21 bits per heavy atom. The van der Waals surface area contributed by atoms with Gasteiger partial charge in [-0.05, 0) is 43.7 Å². The molecular weight excluding hydrogens is 241 g/mol. The highest BCUT2D eigenvalue weighted by atomic mass is 19.1. The molecule has 1 saturated carbocycles. The summed E-state index contributed by atoms with van der Waals surface area (Å²) in [7, 11) is 0. The average Bonchev–Trinajstić information content (AvgIpc) is 2.75. The summed E-state index contributed by atoms with van der Waals surface area (Å²) in [5, 5.41) is 20.3. The predicted octanol–water partition coefficient (Wildman–Crippen LogP) is 3.45. The van der Waals surface area contributed by atoms with Crippen LogP contribution in [0.15, 0.2) is 24.3 Å². The molecule has 3 unspecified atom stereocenters. The van der Waals surface area contributed by atoms with Gasteiger partial charge in [0.25, 0.3) is 0 Å². The largest absolute Gasteiger partial charge is 0.388 e. The van der Waals surface area contributed by atoms with E-state index in [1.807, 2.05) is 0 Å². The van der Waals surface area contributed by atoms with E-state index in [0.29, 0.717) is 24.3 Å². The lowest BCUT2D eigenvalue weighted by Gasteiger charge is -2.38. The Bertz CT molecular complexity index is 506. The highest BCUT2D eigenvalue weighted by molar-refractivity contribution is 5.23. The fourth-order valence-electron chi connectivity index (χ4n) is 3.18. The van der Waals surface area contributed by atoms with Crippen LogP contribution in [0.25, 0.3) is 0 Å². The zero-order valence-electron chi connectivity index (χ0n) is 11.5. The van der Waals surface area contributed by atoms with Crippen molar-refractivity contribution in [3.63, 3.8) is 0 Å². The Morgan fingerprint density at radius 3 is 2.74 bits per heavy atom. The molecule has 0 bridgehead atoms. The van der Waals surface area contributed by atoms with E-state index >= 15 is 0 Å². The van der Waals surface area contributed by atoms with Gasteiger partial charge in [0.2, 0.25) is 0 Å². The second-order valence-corrected chi connectivity index (χ2v) is 6.08. The Balaban J connectivity index is 2.28. The van der Waals surface area contributed by atoms with Crippen LogP contribution in [0.5, 0.6) is 0 Å². The van der Waals surface area contributed by atoms with Crippen LogP contribution in [0, 0.1) is 28.5 Å². The lowest BCUT2D eigenvalue weighted by molar-refractivity contribution is -0.0381. The van der Waals surface area contributed by atoms with E-state index in [2.05, 4.69) is 13.0 Å². The molecule has 3 atom stereocenters. The smallest absolute Gasteiger partial charge is 0.126 e. The van der Waals surface area contributed by atoms with Crippen molar-refractivity contribution in [2.75, 3.05) is 0 Å². The van der Waals surface area contributed by atoms with Crippen LogP contribution < -0.4 is 0 Å². The monoisotopic (exact) mass is 261 g/mol. The summed E-state index contributed by atoms with van der Waals surface area (Å²) in [6, 6.07) is 8.76. The molecule has 0 aliphatic heterocycles. The summed E-state index contributed by atoms with van der Waals surface area (Å²) >= 11 is 0. The minimum absolute atomic E-state index is 0.181. The molecular formula is C16H20FNO. The van der Waals surface area contributed by atoms with Crippen LogP contribution in [-0.4, -0.2) is 10.7 Å². The number of nitrogens with zero attached hydrogens (tertiary/aromatic N) is 1. The van der Waals surface area contributed by atoms with Gasteiger partial charge in [-0.15, -0.1) is 0 Å². The van der Waals surface area contributed by atoms with Crippen molar-refractivity contribution < 1.29 is 9.50 Å². The van der Waals surface area contributed by atoms with E-state index in [-0.39, 0.29) is 12.2 Å². The quantitative estimate of drug-likeness (QED) is 0.905. The Morgan fingerprint density at radius 1 is 1.53 bits per heavy atom. The second-order valence-electron chi connectivity index (χ2n) is 6.08. The van der Waals surface area contributed by atoms with Crippen molar-refractivity contribution in [3.05, 3.63) is 35.6 Å². The Hall–Kier alpha value is -1.40. The van der Waals surface area contributed by atoms with E-state index < -0.39 is 11.0 Å². The first-order chi connectivity index (χ1) is 8.90. The number of nitriles is 1. The first kappa shape index (κ1) is 14.0. The highest BCUT2D eigenvalue weighted by Gasteiger charge is 2.51. The maximum absolute atomic E-state index is 13.7. The van der Waals surface area contributed by atoms with Gasteiger partial charge in [-0.25, -0.2) is 4.39 Å². The van der Waals surface area contributed by atoms with Gasteiger partial charge in [0.1, 0.15) is 5.82 Å². The summed E-state index contributed by atoms with van der Waals surface area (Å²) in [5.74, 6) is 0.119. The van der Waals surface area contributed by atoms with Crippen LogP contribution in [0.3, 0.4) is 0 Å². The Kier molecular flexibility index (Phi) is 3.64. The third-order valence-electron chi connectivity index (χ3n) is 4.50. The van der Waals surface area contributed by atoms with Crippen LogP contribution in [0.4, 0.5) is 4.39 Å². The summed E-state index contributed by atoms with van der Waals surface area (Å²) in [6.45, 7) is 3.76. The van der Waals surface area contributed by atoms with E-state index in [0.717, 1.165) is 6.42 Å².